The van der Waals surface area contributed by atoms with Crippen LogP contribution in [0, 0.1) is 0 Å². The molecule has 0 spiro atoms. The number of rotatable bonds is 7. The van der Waals surface area contributed by atoms with Crippen molar-refractivity contribution in [1.29, 1.82) is 0 Å². The number of nitrogens with zero attached hydrogens (tertiary/aromatic N) is 5. The average Bonchev–Trinajstić information content (AvgIpc) is 3.60. The first-order chi connectivity index (χ1) is 17.2. The summed E-state index contributed by atoms with van der Waals surface area (Å²) in [7, 11) is 0. The van der Waals surface area contributed by atoms with Crippen molar-refractivity contribution in [1.82, 2.24) is 24.6 Å². The maximum absolute atomic E-state index is 13.1. The van der Waals surface area contributed by atoms with Crippen LogP contribution in [0.25, 0.3) is 11.0 Å². The highest BCUT2D eigenvalue weighted by atomic mass is 35.5. The summed E-state index contributed by atoms with van der Waals surface area (Å²) in [5.41, 5.74) is 2.92. The quantitative estimate of drug-likeness (QED) is 0.481. The van der Waals surface area contributed by atoms with E-state index in [4.69, 9.17) is 31.4 Å². The molecule has 6 rings (SSSR count). The van der Waals surface area contributed by atoms with Gasteiger partial charge in [-0.2, -0.15) is 10.1 Å². The lowest BCUT2D eigenvalue weighted by Crippen LogP contribution is -2.37. The summed E-state index contributed by atoms with van der Waals surface area (Å²) in [6.07, 6.45) is 7.66. The molecule has 1 saturated carbocycles. The van der Waals surface area contributed by atoms with E-state index in [-0.39, 0.29) is 5.91 Å². The van der Waals surface area contributed by atoms with Gasteiger partial charge in [-0.1, -0.05) is 24.4 Å². The lowest BCUT2D eigenvalue weighted by atomic mass is 9.95. The third-order valence-electron chi connectivity index (χ3n) is 7.28. The number of morpholine rings is 1. The molecule has 1 aromatic carbocycles. The Hall–Kier alpha value is -2.75. The lowest BCUT2D eigenvalue weighted by molar-refractivity contribution is -0.116. The first kappa shape index (κ1) is 22.7. The molecule has 0 radical (unpaired) electrons. The molecule has 4 heterocycles. The maximum Gasteiger partial charge on any atom is 0.238 e. The highest BCUT2D eigenvalue weighted by Crippen LogP contribution is 2.41. The number of benzene rings is 1. The van der Waals surface area contributed by atoms with Crippen molar-refractivity contribution in [2.24, 2.45) is 0 Å². The molecule has 0 bridgehead atoms. The summed E-state index contributed by atoms with van der Waals surface area (Å²) >= 11 is 6.30. The van der Waals surface area contributed by atoms with Crippen LogP contribution in [-0.2, 0) is 9.53 Å². The number of carbonyl (C=O) groups is 1. The Morgan fingerprint density at radius 2 is 2.00 bits per heavy atom. The van der Waals surface area contributed by atoms with Gasteiger partial charge < -0.3 is 15.4 Å². The third kappa shape index (κ3) is 4.60. The first-order valence-corrected chi connectivity index (χ1v) is 12.9. The molecule has 9 nitrogen and oxygen atoms in total. The Labute approximate surface area is 209 Å². The second kappa shape index (κ2) is 9.72. The van der Waals surface area contributed by atoms with Crippen LogP contribution in [-0.4, -0.2) is 69.9 Å². The van der Waals surface area contributed by atoms with Crippen LogP contribution >= 0.6 is 11.6 Å². The van der Waals surface area contributed by atoms with E-state index in [1.165, 1.54) is 12.8 Å². The van der Waals surface area contributed by atoms with Gasteiger partial charge in [0.25, 0.3) is 0 Å². The van der Waals surface area contributed by atoms with E-state index in [1.54, 1.807) is 6.07 Å². The number of fused-ring (bicyclic) bond motifs is 2. The Bertz CT molecular complexity index is 1230. The molecule has 1 unspecified atom stereocenters. The number of anilines is 2. The van der Waals surface area contributed by atoms with Crippen molar-refractivity contribution in [2.75, 3.05) is 50.0 Å². The number of carbonyl (C=O) groups excluding carboxylic acids is 1. The predicted molar refractivity (Wildman–Crippen MR) is 135 cm³/mol. The van der Waals surface area contributed by atoms with Crippen molar-refractivity contribution in [2.45, 2.75) is 44.1 Å². The number of nitrogens with one attached hydrogen (secondary N) is 2. The molecule has 184 valence electrons. The van der Waals surface area contributed by atoms with Gasteiger partial charge in [-0.25, -0.2) is 4.98 Å². The van der Waals surface area contributed by atoms with Gasteiger partial charge in [-0.3, -0.25) is 14.4 Å². The summed E-state index contributed by atoms with van der Waals surface area (Å²) in [4.78, 5) is 25.1. The van der Waals surface area contributed by atoms with Crippen LogP contribution in [0.5, 0.6) is 0 Å². The van der Waals surface area contributed by atoms with E-state index in [1.807, 2.05) is 23.0 Å². The van der Waals surface area contributed by atoms with Crippen LogP contribution in [0.3, 0.4) is 0 Å². The standard InChI is InChI=1S/C25H30ClN7O2/c26-16-6-7-20-18(14-16)21(24(34)28-20)22-19-15-33(17-4-1-2-5-17)31-23(19)30-25(29-22)27-8-3-9-32-10-12-35-13-11-32/h6-7,14-15,17,21H,1-5,8-13H2,(H,28,34)(H,27,30,31). The topological polar surface area (TPSA) is 97.2 Å². The van der Waals surface area contributed by atoms with E-state index in [2.05, 4.69) is 15.5 Å². The van der Waals surface area contributed by atoms with Crippen LogP contribution in [0.1, 0.15) is 55.3 Å². The van der Waals surface area contributed by atoms with Gasteiger partial charge in [0.1, 0.15) is 5.92 Å². The number of hydrogen-bond acceptors (Lipinski definition) is 7. The van der Waals surface area contributed by atoms with E-state index in [9.17, 15) is 4.79 Å². The molecule has 2 N–H and O–H groups in total. The molecule has 2 aromatic heterocycles. The molecule has 3 aromatic rings. The number of aromatic nitrogens is 4. The molecule has 2 aliphatic heterocycles. The summed E-state index contributed by atoms with van der Waals surface area (Å²) in [6, 6.07) is 5.87. The monoisotopic (exact) mass is 495 g/mol. The van der Waals surface area contributed by atoms with Gasteiger partial charge in [0.15, 0.2) is 5.65 Å². The first-order valence-electron chi connectivity index (χ1n) is 12.6. The fourth-order valence-corrected chi connectivity index (χ4v) is 5.61. The van der Waals surface area contributed by atoms with Gasteiger partial charge in [0, 0.05) is 36.5 Å². The zero-order valence-electron chi connectivity index (χ0n) is 19.7. The molecule has 3 aliphatic rings. The molecule has 35 heavy (non-hydrogen) atoms. The van der Waals surface area contributed by atoms with Gasteiger partial charge >= 0.3 is 0 Å². The molecule has 1 saturated heterocycles. The summed E-state index contributed by atoms with van der Waals surface area (Å²) < 4.78 is 7.46. The SMILES string of the molecule is O=C1Nc2ccc(Cl)cc2C1c1nc(NCCCN2CCOCC2)nc2nn(C3CCCC3)cc12. The minimum absolute atomic E-state index is 0.103. The summed E-state index contributed by atoms with van der Waals surface area (Å²) in [6.45, 7) is 5.29. The molecule has 10 heteroatoms. The van der Waals surface area contributed by atoms with E-state index in [0.717, 1.165) is 75.3 Å². The molecule has 1 aliphatic carbocycles. The molecule has 1 atom stereocenters. The fraction of sp³-hybridized carbons (Fsp3) is 0.520. The Kier molecular flexibility index (Phi) is 6.30. The third-order valence-corrected chi connectivity index (χ3v) is 7.52. The van der Waals surface area contributed by atoms with Gasteiger partial charge in [-0.05, 0) is 49.6 Å². The average molecular weight is 496 g/mol. The van der Waals surface area contributed by atoms with Gasteiger partial charge in [-0.15, -0.1) is 0 Å². The highest BCUT2D eigenvalue weighted by Gasteiger charge is 2.36. The minimum atomic E-state index is -0.552. The number of halogens is 1. The molecule has 1 amide bonds. The fourth-order valence-electron chi connectivity index (χ4n) is 5.43. The zero-order chi connectivity index (χ0) is 23.8. The smallest absolute Gasteiger partial charge is 0.238 e. The second-order valence-corrected chi connectivity index (χ2v) is 10.0. The number of amides is 1. The van der Waals surface area contributed by atoms with Crippen LogP contribution in [0.15, 0.2) is 24.4 Å². The van der Waals surface area contributed by atoms with E-state index >= 15 is 0 Å². The van der Waals surface area contributed by atoms with E-state index in [0.29, 0.717) is 28.4 Å². The Morgan fingerprint density at radius 3 is 2.83 bits per heavy atom. The van der Waals surface area contributed by atoms with E-state index < -0.39 is 5.92 Å². The number of hydrogen-bond donors (Lipinski definition) is 2. The van der Waals surface area contributed by atoms with Crippen molar-refractivity contribution < 1.29 is 9.53 Å². The largest absolute Gasteiger partial charge is 0.379 e. The Morgan fingerprint density at radius 1 is 1.17 bits per heavy atom. The predicted octanol–water partition coefficient (Wildman–Crippen LogP) is 3.81. The number of ether oxygens (including phenoxy) is 1. The van der Waals surface area contributed by atoms with Crippen molar-refractivity contribution in [3.05, 3.63) is 40.7 Å². The second-order valence-electron chi connectivity index (χ2n) is 9.61. The van der Waals surface area contributed by atoms with Crippen LogP contribution in [0.2, 0.25) is 5.02 Å². The molecule has 2 fully saturated rings. The molecular weight excluding hydrogens is 466 g/mol. The Balaban J connectivity index is 1.31. The zero-order valence-corrected chi connectivity index (χ0v) is 20.4. The maximum atomic E-state index is 13.1. The minimum Gasteiger partial charge on any atom is -0.379 e. The normalized spacial score (nSPS) is 20.9. The molecular formula is C25H30ClN7O2. The van der Waals surface area contributed by atoms with Crippen LogP contribution < -0.4 is 10.6 Å². The van der Waals surface area contributed by atoms with Gasteiger partial charge in [0.2, 0.25) is 11.9 Å². The van der Waals surface area contributed by atoms with Crippen molar-refractivity contribution in [3.63, 3.8) is 0 Å². The van der Waals surface area contributed by atoms with Crippen molar-refractivity contribution >= 4 is 40.2 Å². The highest BCUT2D eigenvalue weighted by molar-refractivity contribution is 6.31. The van der Waals surface area contributed by atoms with Gasteiger partial charge in [0.05, 0.1) is 30.3 Å². The lowest BCUT2D eigenvalue weighted by Gasteiger charge is -2.26. The van der Waals surface area contributed by atoms with Crippen LogP contribution in [0.4, 0.5) is 11.6 Å². The summed E-state index contributed by atoms with van der Waals surface area (Å²) in [5.74, 6) is -0.145. The summed E-state index contributed by atoms with van der Waals surface area (Å²) in [5, 5.41) is 12.6. The van der Waals surface area contributed by atoms with Crippen molar-refractivity contribution in [3.8, 4) is 0 Å².